The third-order valence-electron chi connectivity index (χ3n) is 4.87. The molecule has 0 atom stereocenters. The van der Waals surface area contributed by atoms with E-state index in [1.807, 2.05) is 24.3 Å². The first-order valence-corrected chi connectivity index (χ1v) is 11.2. The maximum Gasteiger partial charge on any atom is 0.341 e. The first-order chi connectivity index (χ1) is 15.2. The molecule has 1 heterocycles. The van der Waals surface area contributed by atoms with E-state index in [2.05, 4.69) is 26.1 Å². The Morgan fingerprint density at radius 1 is 1.06 bits per heavy atom. The summed E-state index contributed by atoms with van der Waals surface area (Å²) in [6.07, 6.45) is 3.15. The molecule has 0 aliphatic rings. The summed E-state index contributed by atoms with van der Waals surface area (Å²) in [6, 6.07) is 13.9. The number of nitrogens with one attached hydrogen (secondary N) is 1. The molecule has 4 nitrogen and oxygen atoms in total. The first kappa shape index (κ1) is 23.4. The Labute approximate surface area is 191 Å². The van der Waals surface area contributed by atoms with Crippen molar-refractivity contribution < 1.29 is 18.7 Å². The number of thiophene rings is 1. The second-order valence-electron chi connectivity index (χ2n) is 8.28. The topological polar surface area (TPSA) is 55.4 Å². The summed E-state index contributed by atoms with van der Waals surface area (Å²) in [4.78, 5) is 25.1. The van der Waals surface area contributed by atoms with Crippen molar-refractivity contribution >= 4 is 34.3 Å². The van der Waals surface area contributed by atoms with E-state index in [9.17, 15) is 14.0 Å². The van der Waals surface area contributed by atoms with E-state index < -0.39 is 5.97 Å². The first-order valence-electron chi connectivity index (χ1n) is 10.3. The van der Waals surface area contributed by atoms with Gasteiger partial charge in [0.1, 0.15) is 16.4 Å². The molecule has 1 aromatic heterocycles. The standard InChI is InChI=1S/C26H26FNO3S/c1-5-31-25(30)23-21(18-9-13-20(27)14-10-18)16-32-24(23)28-22(29)15-8-17-6-11-19(12-7-17)26(2,3)4/h6-16H,5H2,1-4H3,(H,28,29)/b15-8+. The Morgan fingerprint density at radius 2 is 1.72 bits per heavy atom. The molecule has 0 radical (unpaired) electrons. The lowest BCUT2D eigenvalue weighted by molar-refractivity contribution is -0.111. The molecule has 6 heteroatoms. The Kier molecular flexibility index (Phi) is 7.26. The average Bonchev–Trinajstić information content (AvgIpc) is 3.16. The van der Waals surface area contributed by atoms with Gasteiger partial charge in [-0.15, -0.1) is 11.3 Å². The molecule has 0 unspecified atom stereocenters. The Bertz CT molecular complexity index is 1120. The number of hydrogen-bond donors (Lipinski definition) is 1. The van der Waals surface area contributed by atoms with Gasteiger partial charge in [-0.05, 0) is 47.2 Å². The van der Waals surface area contributed by atoms with Gasteiger partial charge >= 0.3 is 5.97 Å². The number of amides is 1. The van der Waals surface area contributed by atoms with Crippen molar-refractivity contribution in [2.45, 2.75) is 33.1 Å². The van der Waals surface area contributed by atoms with Gasteiger partial charge in [0.2, 0.25) is 5.91 Å². The summed E-state index contributed by atoms with van der Waals surface area (Å²) < 4.78 is 18.5. The van der Waals surface area contributed by atoms with Crippen molar-refractivity contribution in [2.75, 3.05) is 11.9 Å². The van der Waals surface area contributed by atoms with Crippen LogP contribution in [-0.2, 0) is 14.9 Å². The van der Waals surface area contributed by atoms with Gasteiger partial charge in [-0.3, -0.25) is 4.79 Å². The summed E-state index contributed by atoms with van der Waals surface area (Å²) in [5, 5.41) is 4.92. The van der Waals surface area contributed by atoms with Gasteiger partial charge in [0.15, 0.2) is 0 Å². The fraction of sp³-hybridized carbons (Fsp3) is 0.231. The summed E-state index contributed by atoms with van der Waals surface area (Å²) in [5.41, 5.74) is 3.69. The lowest BCUT2D eigenvalue weighted by Crippen LogP contribution is -2.12. The minimum absolute atomic E-state index is 0.0600. The lowest BCUT2D eigenvalue weighted by Gasteiger charge is -2.18. The molecular weight excluding hydrogens is 425 g/mol. The molecule has 1 amide bonds. The van der Waals surface area contributed by atoms with Crippen LogP contribution >= 0.6 is 11.3 Å². The summed E-state index contributed by atoms with van der Waals surface area (Å²) in [5.74, 6) is -1.26. The van der Waals surface area contributed by atoms with E-state index in [0.29, 0.717) is 16.1 Å². The van der Waals surface area contributed by atoms with Crippen LogP contribution in [0.3, 0.4) is 0 Å². The van der Waals surface area contributed by atoms with Crippen LogP contribution in [0.15, 0.2) is 60.0 Å². The highest BCUT2D eigenvalue weighted by molar-refractivity contribution is 7.15. The average molecular weight is 452 g/mol. The molecular formula is C26H26FNO3S. The van der Waals surface area contributed by atoms with Crippen LogP contribution in [0, 0.1) is 5.82 Å². The number of esters is 1. The predicted molar refractivity (Wildman–Crippen MR) is 128 cm³/mol. The van der Waals surface area contributed by atoms with Gasteiger partial charge in [0.25, 0.3) is 0 Å². The third kappa shape index (κ3) is 5.71. The molecule has 0 aliphatic carbocycles. The van der Waals surface area contributed by atoms with Crippen LogP contribution in [-0.4, -0.2) is 18.5 Å². The smallest absolute Gasteiger partial charge is 0.341 e. The quantitative estimate of drug-likeness (QED) is 0.336. The minimum atomic E-state index is -0.537. The van der Waals surface area contributed by atoms with Crippen LogP contribution in [0.1, 0.15) is 49.2 Å². The zero-order valence-electron chi connectivity index (χ0n) is 18.6. The molecule has 0 fully saturated rings. The summed E-state index contributed by atoms with van der Waals surface area (Å²) in [7, 11) is 0. The molecule has 0 saturated carbocycles. The van der Waals surface area contributed by atoms with E-state index in [1.165, 1.54) is 35.1 Å². The van der Waals surface area contributed by atoms with Crippen LogP contribution in [0.2, 0.25) is 0 Å². The maximum absolute atomic E-state index is 13.3. The lowest BCUT2D eigenvalue weighted by atomic mass is 9.87. The monoisotopic (exact) mass is 451 g/mol. The number of benzene rings is 2. The predicted octanol–water partition coefficient (Wildman–Crippen LogP) is 6.68. The van der Waals surface area contributed by atoms with Crippen LogP contribution in [0.4, 0.5) is 9.39 Å². The Morgan fingerprint density at radius 3 is 2.31 bits per heavy atom. The third-order valence-corrected chi connectivity index (χ3v) is 5.76. The summed E-state index contributed by atoms with van der Waals surface area (Å²) in [6.45, 7) is 8.36. The van der Waals surface area contributed by atoms with Gasteiger partial charge in [-0.2, -0.15) is 0 Å². The number of ether oxygens (including phenoxy) is 1. The molecule has 3 aromatic rings. The van der Waals surface area contributed by atoms with Crippen LogP contribution < -0.4 is 5.32 Å². The minimum Gasteiger partial charge on any atom is -0.462 e. The highest BCUT2D eigenvalue weighted by Gasteiger charge is 2.22. The molecule has 32 heavy (non-hydrogen) atoms. The van der Waals surface area contributed by atoms with Gasteiger partial charge in [0, 0.05) is 17.0 Å². The van der Waals surface area contributed by atoms with Crippen molar-refractivity contribution in [3.05, 3.63) is 82.5 Å². The van der Waals surface area contributed by atoms with Crippen molar-refractivity contribution in [2.24, 2.45) is 0 Å². The van der Waals surface area contributed by atoms with Gasteiger partial charge in [-0.25, -0.2) is 9.18 Å². The Hall–Kier alpha value is -3.25. The van der Waals surface area contributed by atoms with Crippen LogP contribution in [0.5, 0.6) is 0 Å². The number of halogens is 1. The highest BCUT2D eigenvalue weighted by atomic mass is 32.1. The van der Waals surface area contributed by atoms with Crippen molar-refractivity contribution in [1.82, 2.24) is 0 Å². The number of anilines is 1. The SMILES string of the molecule is CCOC(=O)c1c(-c2ccc(F)cc2)csc1NC(=O)/C=C/c1ccc(C(C)(C)C)cc1. The second-order valence-corrected chi connectivity index (χ2v) is 9.16. The zero-order chi connectivity index (χ0) is 23.3. The molecule has 3 rings (SSSR count). The molecule has 2 aromatic carbocycles. The number of carbonyl (C=O) groups excluding carboxylic acids is 2. The second kappa shape index (κ2) is 9.92. The number of rotatable bonds is 6. The maximum atomic E-state index is 13.3. The fourth-order valence-electron chi connectivity index (χ4n) is 3.12. The van der Waals surface area contributed by atoms with Crippen molar-refractivity contribution in [3.8, 4) is 11.1 Å². The molecule has 0 saturated heterocycles. The van der Waals surface area contributed by atoms with Crippen LogP contribution in [0.25, 0.3) is 17.2 Å². The van der Waals surface area contributed by atoms with E-state index in [1.54, 1.807) is 30.5 Å². The van der Waals surface area contributed by atoms with Gasteiger partial charge in [-0.1, -0.05) is 57.2 Å². The summed E-state index contributed by atoms with van der Waals surface area (Å²) >= 11 is 1.22. The normalized spacial score (nSPS) is 11.5. The molecule has 1 N–H and O–H groups in total. The largest absolute Gasteiger partial charge is 0.462 e. The molecule has 0 bridgehead atoms. The van der Waals surface area contributed by atoms with Crippen molar-refractivity contribution in [3.63, 3.8) is 0 Å². The fourth-order valence-corrected chi connectivity index (χ4v) is 4.08. The number of hydrogen-bond acceptors (Lipinski definition) is 4. The Balaban J connectivity index is 1.81. The van der Waals surface area contributed by atoms with E-state index in [-0.39, 0.29) is 29.3 Å². The van der Waals surface area contributed by atoms with Crippen molar-refractivity contribution in [1.29, 1.82) is 0 Å². The van der Waals surface area contributed by atoms with E-state index >= 15 is 0 Å². The molecule has 166 valence electrons. The van der Waals surface area contributed by atoms with Gasteiger partial charge < -0.3 is 10.1 Å². The van der Waals surface area contributed by atoms with Gasteiger partial charge in [0.05, 0.1) is 6.61 Å². The number of carbonyl (C=O) groups is 2. The molecule has 0 aliphatic heterocycles. The van der Waals surface area contributed by atoms with E-state index in [4.69, 9.17) is 4.74 Å². The zero-order valence-corrected chi connectivity index (χ0v) is 19.4. The van der Waals surface area contributed by atoms with E-state index in [0.717, 1.165) is 5.56 Å². The molecule has 0 spiro atoms. The highest BCUT2D eigenvalue weighted by Crippen LogP contribution is 2.36.